The van der Waals surface area contributed by atoms with E-state index in [2.05, 4.69) is 10.6 Å². The van der Waals surface area contributed by atoms with Gasteiger partial charge in [0.2, 0.25) is 0 Å². The maximum Gasteiger partial charge on any atom is 0.411 e. The van der Waals surface area contributed by atoms with Crippen LogP contribution in [0.3, 0.4) is 0 Å². The van der Waals surface area contributed by atoms with Crippen LogP contribution in [-0.4, -0.2) is 46.9 Å². The minimum Gasteiger partial charge on any atom is -0.479 e. The predicted octanol–water partition coefficient (Wildman–Crippen LogP) is 3.75. The molecule has 2 amide bonds. The highest BCUT2D eigenvalue weighted by Crippen LogP contribution is 2.44. The van der Waals surface area contributed by atoms with Crippen LogP contribution in [0, 0.1) is 5.82 Å². The first-order valence-corrected chi connectivity index (χ1v) is 10.8. The number of amides is 2. The summed E-state index contributed by atoms with van der Waals surface area (Å²) in [6, 6.07) is 19.1. The number of hydrogen-bond donors (Lipinski definition) is 4. The van der Waals surface area contributed by atoms with Gasteiger partial charge in [0.1, 0.15) is 12.4 Å². The van der Waals surface area contributed by atoms with Crippen molar-refractivity contribution in [3.63, 3.8) is 0 Å². The van der Waals surface area contributed by atoms with Crippen LogP contribution < -0.4 is 10.6 Å². The summed E-state index contributed by atoms with van der Waals surface area (Å²) in [4.78, 5) is 35.5. The highest BCUT2D eigenvalue weighted by atomic mass is 19.1. The first-order valence-electron chi connectivity index (χ1n) is 10.8. The Balaban J connectivity index is 1.38. The lowest BCUT2D eigenvalue weighted by Gasteiger charge is -2.18. The number of halogens is 1. The highest BCUT2D eigenvalue weighted by Gasteiger charge is 2.31. The number of aliphatic hydroxyl groups is 1. The quantitative estimate of drug-likeness (QED) is 0.410. The van der Waals surface area contributed by atoms with Crippen LogP contribution in [0.25, 0.3) is 11.1 Å². The number of carboxylic acid groups (broad SMARTS) is 1. The van der Waals surface area contributed by atoms with E-state index in [1.54, 1.807) is 0 Å². The van der Waals surface area contributed by atoms with Gasteiger partial charge in [0.15, 0.2) is 5.60 Å². The Bertz CT molecular complexity index is 1260. The lowest BCUT2D eigenvalue weighted by Crippen LogP contribution is -2.46. The number of nitrogens with one attached hydrogen (secondary N) is 2. The zero-order valence-corrected chi connectivity index (χ0v) is 18.7. The second-order valence-corrected chi connectivity index (χ2v) is 8.41. The summed E-state index contributed by atoms with van der Waals surface area (Å²) < 4.78 is 19.9. The topological polar surface area (TPSA) is 125 Å². The highest BCUT2D eigenvalue weighted by molar-refractivity contribution is 5.95. The molecule has 0 saturated heterocycles. The largest absolute Gasteiger partial charge is 0.479 e. The number of carbonyl (C=O) groups excluding carboxylic acids is 2. The summed E-state index contributed by atoms with van der Waals surface area (Å²) in [5.74, 6) is -3.31. The van der Waals surface area contributed by atoms with Gasteiger partial charge in [-0.25, -0.2) is 14.0 Å². The smallest absolute Gasteiger partial charge is 0.411 e. The molecule has 35 heavy (non-hydrogen) atoms. The molecule has 4 N–H and O–H groups in total. The number of carboxylic acids is 1. The van der Waals surface area contributed by atoms with Gasteiger partial charge in [-0.3, -0.25) is 10.1 Å². The van der Waals surface area contributed by atoms with Gasteiger partial charge < -0.3 is 20.3 Å². The fraction of sp³-hybridized carbons (Fsp3) is 0.192. The van der Waals surface area contributed by atoms with Crippen LogP contribution in [0.5, 0.6) is 0 Å². The number of benzene rings is 3. The van der Waals surface area contributed by atoms with Gasteiger partial charge in [0.05, 0.1) is 12.2 Å². The third-order valence-corrected chi connectivity index (χ3v) is 5.87. The minimum absolute atomic E-state index is 0.0610. The summed E-state index contributed by atoms with van der Waals surface area (Å²) in [6.07, 6.45) is -0.847. The van der Waals surface area contributed by atoms with E-state index < -0.39 is 35.9 Å². The molecule has 8 nitrogen and oxygen atoms in total. The van der Waals surface area contributed by atoms with E-state index in [1.807, 2.05) is 48.5 Å². The monoisotopic (exact) mass is 478 g/mol. The molecule has 1 aliphatic rings. The normalized spacial score (nSPS) is 13.8. The zero-order chi connectivity index (χ0) is 25.2. The fourth-order valence-electron chi connectivity index (χ4n) is 3.93. The van der Waals surface area contributed by atoms with Crippen molar-refractivity contribution in [2.24, 2.45) is 0 Å². The van der Waals surface area contributed by atoms with Gasteiger partial charge in [-0.1, -0.05) is 48.5 Å². The molecule has 1 unspecified atom stereocenters. The third-order valence-electron chi connectivity index (χ3n) is 5.87. The van der Waals surface area contributed by atoms with Crippen molar-refractivity contribution in [2.45, 2.75) is 18.4 Å². The molecule has 0 aliphatic heterocycles. The number of aliphatic carboxylic acids is 1. The molecule has 4 rings (SSSR count). The molecule has 180 valence electrons. The number of anilines is 1. The molecule has 3 aromatic carbocycles. The van der Waals surface area contributed by atoms with E-state index in [9.17, 15) is 23.9 Å². The molecule has 3 aromatic rings. The van der Waals surface area contributed by atoms with E-state index in [4.69, 9.17) is 9.84 Å². The van der Waals surface area contributed by atoms with Gasteiger partial charge in [-0.05, 0) is 47.4 Å². The molecule has 0 bridgehead atoms. The van der Waals surface area contributed by atoms with Crippen LogP contribution in [0.15, 0.2) is 66.7 Å². The van der Waals surface area contributed by atoms with Gasteiger partial charge in [-0.2, -0.15) is 0 Å². The van der Waals surface area contributed by atoms with Crippen LogP contribution in [0.2, 0.25) is 0 Å². The van der Waals surface area contributed by atoms with Gasteiger partial charge in [0, 0.05) is 11.5 Å². The van der Waals surface area contributed by atoms with Crippen LogP contribution in [-0.2, 0) is 9.53 Å². The summed E-state index contributed by atoms with van der Waals surface area (Å²) in [7, 11) is 0. The average molecular weight is 478 g/mol. The Hall–Kier alpha value is -4.24. The van der Waals surface area contributed by atoms with E-state index >= 15 is 0 Å². The third kappa shape index (κ3) is 4.99. The number of rotatable bonds is 7. The Kier molecular flexibility index (Phi) is 6.52. The molecule has 9 heteroatoms. The summed E-state index contributed by atoms with van der Waals surface area (Å²) in [5.41, 5.74) is 1.80. The van der Waals surface area contributed by atoms with Crippen LogP contribution in [0.4, 0.5) is 14.9 Å². The first kappa shape index (κ1) is 23.9. The van der Waals surface area contributed by atoms with Gasteiger partial charge in [0.25, 0.3) is 5.91 Å². The number of hydrogen-bond acceptors (Lipinski definition) is 5. The molecule has 0 aromatic heterocycles. The molecule has 0 radical (unpaired) electrons. The molecular weight excluding hydrogens is 455 g/mol. The van der Waals surface area contributed by atoms with E-state index in [-0.39, 0.29) is 23.8 Å². The fourth-order valence-corrected chi connectivity index (χ4v) is 3.93. The van der Waals surface area contributed by atoms with Gasteiger partial charge in [-0.15, -0.1) is 0 Å². The maximum atomic E-state index is 14.5. The predicted molar refractivity (Wildman–Crippen MR) is 126 cm³/mol. The Morgan fingerprint density at radius 1 is 1.00 bits per heavy atom. The van der Waals surface area contributed by atoms with Crippen molar-refractivity contribution >= 4 is 23.7 Å². The summed E-state index contributed by atoms with van der Waals surface area (Å²) in [5, 5.41) is 23.1. The van der Waals surface area contributed by atoms with Crippen molar-refractivity contribution < 1.29 is 33.7 Å². The summed E-state index contributed by atoms with van der Waals surface area (Å²) in [6.45, 7) is 0.519. The molecule has 0 saturated carbocycles. The Morgan fingerprint density at radius 3 is 2.17 bits per heavy atom. The SMILES string of the molecule is CC(O)(CNC(=O)c1ccc(NC(=O)OCC2c3ccccc3-c3ccccc32)c(F)c1)C(=O)O. The molecular formula is C26H23FN2O6. The number of carbonyl (C=O) groups is 3. The van der Waals surface area contributed by atoms with Gasteiger partial charge >= 0.3 is 12.1 Å². The van der Waals surface area contributed by atoms with Crippen molar-refractivity contribution in [2.75, 3.05) is 18.5 Å². The van der Waals surface area contributed by atoms with E-state index in [0.717, 1.165) is 35.2 Å². The second kappa shape index (κ2) is 9.55. The van der Waals surface area contributed by atoms with Crippen molar-refractivity contribution in [3.05, 3.63) is 89.2 Å². The lowest BCUT2D eigenvalue weighted by molar-refractivity contribution is -0.155. The minimum atomic E-state index is -2.17. The molecule has 0 heterocycles. The summed E-state index contributed by atoms with van der Waals surface area (Å²) >= 11 is 0. The molecule has 0 spiro atoms. The van der Waals surface area contributed by atoms with Crippen LogP contribution in [0.1, 0.15) is 34.3 Å². The Morgan fingerprint density at radius 2 is 1.60 bits per heavy atom. The van der Waals surface area contributed by atoms with E-state index in [1.165, 1.54) is 12.1 Å². The van der Waals surface area contributed by atoms with Crippen molar-refractivity contribution in [1.82, 2.24) is 5.32 Å². The lowest BCUT2D eigenvalue weighted by atomic mass is 9.98. The molecule has 0 fully saturated rings. The first-order chi connectivity index (χ1) is 16.7. The van der Waals surface area contributed by atoms with Crippen molar-refractivity contribution in [3.8, 4) is 11.1 Å². The molecule has 1 aliphatic carbocycles. The average Bonchev–Trinajstić information content (AvgIpc) is 3.16. The molecule has 1 atom stereocenters. The van der Waals surface area contributed by atoms with Crippen LogP contribution >= 0.6 is 0 Å². The second-order valence-electron chi connectivity index (χ2n) is 8.41. The van der Waals surface area contributed by atoms with Crippen molar-refractivity contribution in [1.29, 1.82) is 0 Å². The van der Waals surface area contributed by atoms with E-state index in [0.29, 0.717) is 0 Å². The number of ether oxygens (including phenoxy) is 1. The maximum absolute atomic E-state index is 14.5. The Labute approximate surface area is 200 Å². The zero-order valence-electron chi connectivity index (χ0n) is 18.7. The number of fused-ring (bicyclic) bond motifs is 3. The standard InChI is InChI=1S/C26H23FN2O6/c1-26(34,24(31)32)14-28-23(30)15-10-11-22(21(27)12-15)29-25(33)35-13-20-18-8-4-2-6-16(18)17-7-3-5-9-19(17)20/h2-12,20,34H,13-14H2,1H3,(H,28,30)(H,29,33)(H,31,32).